The van der Waals surface area contributed by atoms with Crippen LogP contribution in [0.3, 0.4) is 0 Å². The summed E-state index contributed by atoms with van der Waals surface area (Å²) < 4.78 is 0. The Labute approximate surface area is 76.7 Å². The summed E-state index contributed by atoms with van der Waals surface area (Å²) in [7, 11) is 0. The van der Waals surface area contributed by atoms with Crippen LogP contribution in [0.1, 0.15) is 25.3 Å². The van der Waals surface area contributed by atoms with Gasteiger partial charge in [-0.2, -0.15) is 0 Å². The van der Waals surface area contributed by atoms with Gasteiger partial charge in [0.25, 0.3) is 0 Å². The Morgan fingerprint density at radius 3 is 2.58 bits per heavy atom. The Morgan fingerprint density at radius 1 is 1.50 bits per heavy atom. The lowest BCUT2D eigenvalue weighted by Gasteiger charge is -2.10. The lowest BCUT2D eigenvalue weighted by atomic mass is 10.1. The van der Waals surface area contributed by atoms with Gasteiger partial charge in [0.2, 0.25) is 0 Å². The van der Waals surface area contributed by atoms with Crippen molar-refractivity contribution < 1.29 is 0 Å². The first-order valence-corrected chi connectivity index (χ1v) is 4.66. The van der Waals surface area contributed by atoms with Gasteiger partial charge in [-0.3, -0.25) is 5.14 Å². The summed E-state index contributed by atoms with van der Waals surface area (Å²) >= 11 is 1.16. The standard InChI is InChI=1S/C8H13N3S/c1-5(2)6-3-4-11-8(9)7(6)12-10/h3-5H,10H2,1-2H3,(H2,9,11). The number of hydrogen-bond donors (Lipinski definition) is 2. The number of nitrogen functional groups attached to an aromatic ring is 1. The van der Waals surface area contributed by atoms with Crippen molar-refractivity contribution >= 4 is 17.8 Å². The first-order chi connectivity index (χ1) is 5.66. The van der Waals surface area contributed by atoms with Crippen LogP contribution in [-0.4, -0.2) is 4.98 Å². The average Bonchev–Trinajstić information content (AvgIpc) is 2.03. The highest BCUT2D eigenvalue weighted by Gasteiger charge is 2.09. The first-order valence-electron chi connectivity index (χ1n) is 3.78. The van der Waals surface area contributed by atoms with Gasteiger partial charge >= 0.3 is 0 Å². The molecule has 0 fully saturated rings. The molecule has 1 heterocycles. The summed E-state index contributed by atoms with van der Waals surface area (Å²) in [6, 6.07) is 1.95. The zero-order chi connectivity index (χ0) is 9.14. The highest BCUT2D eigenvalue weighted by atomic mass is 32.2. The van der Waals surface area contributed by atoms with Crippen LogP contribution in [0, 0.1) is 0 Å². The second kappa shape index (κ2) is 3.78. The van der Waals surface area contributed by atoms with Crippen LogP contribution in [0.25, 0.3) is 0 Å². The third-order valence-electron chi connectivity index (χ3n) is 1.70. The van der Waals surface area contributed by atoms with Crippen molar-refractivity contribution in [2.45, 2.75) is 24.7 Å². The number of rotatable bonds is 2. The van der Waals surface area contributed by atoms with E-state index in [0.29, 0.717) is 11.7 Å². The lowest BCUT2D eigenvalue weighted by molar-refractivity contribution is 0.838. The summed E-state index contributed by atoms with van der Waals surface area (Å²) in [6.45, 7) is 4.21. The zero-order valence-electron chi connectivity index (χ0n) is 7.24. The fourth-order valence-corrected chi connectivity index (χ4v) is 1.68. The van der Waals surface area contributed by atoms with E-state index in [9.17, 15) is 0 Å². The topological polar surface area (TPSA) is 64.9 Å². The molecule has 3 nitrogen and oxygen atoms in total. The molecule has 0 aliphatic rings. The smallest absolute Gasteiger partial charge is 0.138 e. The molecule has 0 atom stereocenters. The van der Waals surface area contributed by atoms with Crippen molar-refractivity contribution in [2.75, 3.05) is 5.73 Å². The molecule has 66 valence electrons. The maximum absolute atomic E-state index is 5.66. The minimum atomic E-state index is 0.432. The third kappa shape index (κ3) is 1.70. The molecular weight excluding hydrogens is 170 g/mol. The molecule has 0 aromatic carbocycles. The minimum absolute atomic E-state index is 0.432. The molecule has 1 aromatic heterocycles. The van der Waals surface area contributed by atoms with Crippen molar-refractivity contribution in [3.63, 3.8) is 0 Å². The molecule has 0 spiro atoms. The van der Waals surface area contributed by atoms with E-state index in [4.69, 9.17) is 10.9 Å². The zero-order valence-corrected chi connectivity index (χ0v) is 8.06. The van der Waals surface area contributed by atoms with E-state index in [-0.39, 0.29) is 0 Å². The third-order valence-corrected chi connectivity index (χ3v) is 2.38. The van der Waals surface area contributed by atoms with E-state index >= 15 is 0 Å². The molecule has 4 heteroatoms. The Hall–Kier alpha value is -0.740. The molecule has 12 heavy (non-hydrogen) atoms. The predicted molar refractivity (Wildman–Crippen MR) is 52.8 cm³/mol. The van der Waals surface area contributed by atoms with Gasteiger partial charge < -0.3 is 5.73 Å². The monoisotopic (exact) mass is 183 g/mol. The fraction of sp³-hybridized carbons (Fsp3) is 0.375. The van der Waals surface area contributed by atoms with Gasteiger partial charge in [-0.15, -0.1) is 0 Å². The van der Waals surface area contributed by atoms with Crippen LogP contribution in [0.4, 0.5) is 5.82 Å². The molecule has 0 unspecified atom stereocenters. The Balaban J connectivity index is 3.18. The van der Waals surface area contributed by atoms with Gasteiger partial charge in [-0.05, 0) is 29.5 Å². The van der Waals surface area contributed by atoms with E-state index in [2.05, 4.69) is 18.8 Å². The maximum Gasteiger partial charge on any atom is 0.138 e. The molecule has 1 rings (SSSR count). The van der Waals surface area contributed by atoms with Gasteiger partial charge in [0.1, 0.15) is 5.82 Å². The highest BCUT2D eigenvalue weighted by molar-refractivity contribution is 7.97. The van der Waals surface area contributed by atoms with Crippen molar-refractivity contribution in [3.05, 3.63) is 17.8 Å². The van der Waals surface area contributed by atoms with E-state index in [0.717, 1.165) is 22.4 Å². The summed E-state index contributed by atoms with van der Waals surface area (Å²) in [4.78, 5) is 4.87. The number of nitrogens with zero attached hydrogens (tertiary/aromatic N) is 1. The quantitative estimate of drug-likeness (QED) is 0.686. The number of pyridine rings is 1. The van der Waals surface area contributed by atoms with E-state index in [1.165, 1.54) is 0 Å². The number of nitrogens with two attached hydrogens (primary N) is 2. The molecular formula is C8H13N3S. The van der Waals surface area contributed by atoms with E-state index < -0.39 is 0 Å². The lowest BCUT2D eigenvalue weighted by Crippen LogP contribution is -2.00. The van der Waals surface area contributed by atoms with Gasteiger partial charge in [0.05, 0.1) is 4.90 Å². The molecule has 0 aliphatic carbocycles. The van der Waals surface area contributed by atoms with Crippen LogP contribution in [0.15, 0.2) is 17.2 Å². The number of hydrogen-bond acceptors (Lipinski definition) is 4. The fourth-order valence-electron chi connectivity index (χ4n) is 1.06. The molecule has 0 saturated heterocycles. The molecule has 0 aliphatic heterocycles. The van der Waals surface area contributed by atoms with Crippen LogP contribution in [-0.2, 0) is 0 Å². The minimum Gasteiger partial charge on any atom is -0.383 e. The predicted octanol–water partition coefficient (Wildman–Crippen LogP) is 1.75. The maximum atomic E-state index is 5.66. The van der Waals surface area contributed by atoms with E-state index in [1.807, 2.05) is 6.07 Å². The Kier molecular flexibility index (Phi) is 2.94. The first kappa shape index (κ1) is 9.35. The van der Waals surface area contributed by atoms with Gasteiger partial charge in [0, 0.05) is 6.20 Å². The largest absolute Gasteiger partial charge is 0.383 e. The number of anilines is 1. The summed E-state index contributed by atoms with van der Waals surface area (Å²) in [5.41, 5.74) is 6.82. The summed E-state index contributed by atoms with van der Waals surface area (Å²) in [6.07, 6.45) is 1.71. The van der Waals surface area contributed by atoms with Crippen LogP contribution in [0.2, 0.25) is 0 Å². The molecule has 0 bridgehead atoms. The van der Waals surface area contributed by atoms with Gasteiger partial charge in [-0.25, -0.2) is 4.98 Å². The average molecular weight is 183 g/mol. The molecule has 1 aromatic rings. The Bertz CT molecular complexity index is 273. The molecule has 4 N–H and O–H groups in total. The van der Waals surface area contributed by atoms with Crippen molar-refractivity contribution in [2.24, 2.45) is 5.14 Å². The van der Waals surface area contributed by atoms with E-state index in [1.54, 1.807) is 6.20 Å². The summed E-state index contributed by atoms with van der Waals surface area (Å²) in [5.74, 6) is 0.954. The second-order valence-electron chi connectivity index (χ2n) is 2.89. The van der Waals surface area contributed by atoms with Crippen LogP contribution < -0.4 is 10.9 Å². The van der Waals surface area contributed by atoms with Crippen LogP contribution >= 0.6 is 11.9 Å². The van der Waals surface area contributed by atoms with Crippen molar-refractivity contribution in [1.29, 1.82) is 0 Å². The normalized spacial score (nSPS) is 10.7. The van der Waals surface area contributed by atoms with Crippen molar-refractivity contribution in [3.8, 4) is 0 Å². The van der Waals surface area contributed by atoms with Crippen LogP contribution in [0.5, 0.6) is 0 Å². The number of aromatic nitrogens is 1. The highest BCUT2D eigenvalue weighted by Crippen LogP contribution is 2.28. The van der Waals surface area contributed by atoms with Crippen molar-refractivity contribution in [1.82, 2.24) is 4.98 Å². The molecule has 0 radical (unpaired) electrons. The summed E-state index contributed by atoms with van der Waals surface area (Å²) in [5, 5.41) is 5.49. The molecule has 0 saturated carbocycles. The van der Waals surface area contributed by atoms with Gasteiger partial charge in [-0.1, -0.05) is 13.8 Å². The van der Waals surface area contributed by atoms with Gasteiger partial charge in [0.15, 0.2) is 0 Å². The Morgan fingerprint density at radius 2 is 2.17 bits per heavy atom. The second-order valence-corrected chi connectivity index (χ2v) is 3.53. The molecule has 0 amide bonds. The SMILES string of the molecule is CC(C)c1ccnc(N)c1SN.